The van der Waals surface area contributed by atoms with Crippen LogP contribution in [0.25, 0.3) is 6.08 Å². The molecule has 1 amide bonds. The molecule has 1 aliphatic rings. The SMILES string of the molecule is COc1cc(/C=C2\SC(=Nc3ccccc3C)N(c3ccccc3C)C2=O)cc(OC)c1O. The van der Waals surface area contributed by atoms with Gasteiger partial charge in [-0.3, -0.25) is 9.69 Å². The monoisotopic (exact) mass is 460 g/mol. The van der Waals surface area contributed by atoms with E-state index in [-0.39, 0.29) is 23.2 Å². The molecule has 0 spiro atoms. The molecule has 1 N–H and O–H groups in total. The Kier molecular flexibility index (Phi) is 6.42. The lowest BCUT2D eigenvalue weighted by atomic mass is 10.1. The minimum atomic E-state index is -0.173. The van der Waals surface area contributed by atoms with Crippen molar-refractivity contribution in [2.75, 3.05) is 19.1 Å². The Balaban J connectivity index is 1.83. The highest BCUT2D eigenvalue weighted by Gasteiger charge is 2.35. The summed E-state index contributed by atoms with van der Waals surface area (Å²) in [6.07, 6.45) is 1.75. The second kappa shape index (κ2) is 9.42. The molecule has 0 radical (unpaired) electrons. The zero-order valence-corrected chi connectivity index (χ0v) is 19.6. The Labute approximate surface area is 197 Å². The molecule has 6 nitrogen and oxygen atoms in total. The van der Waals surface area contributed by atoms with Crippen molar-refractivity contribution in [2.24, 2.45) is 4.99 Å². The topological polar surface area (TPSA) is 71.4 Å². The van der Waals surface area contributed by atoms with E-state index in [9.17, 15) is 9.90 Å². The number of aromatic hydroxyl groups is 1. The van der Waals surface area contributed by atoms with E-state index in [0.29, 0.717) is 15.6 Å². The summed E-state index contributed by atoms with van der Waals surface area (Å²) in [7, 11) is 2.93. The molecule has 4 rings (SSSR count). The van der Waals surface area contributed by atoms with Crippen LogP contribution in [0, 0.1) is 13.8 Å². The first-order chi connectivity index (χ1) is 15.9. The standard InChI is InChI=1S/C26H24N2O4S/c1-16-9-5-7-11-19(16)27-26-28(20-12-8-6-10-17(20)2)25(30)23(33-26)15-18-13-21(31-3)24(29)22(14-18)32-4/h5-15,29H,1-4H3/b23-15-,27-26?. The van der Waals surface area contributed by atoms with Gasteiger partial charge in [0.1, 0.15) is 0 Å². The second-order valence-electron chi connectivity index (χ2n) is 7.49. The van der Waals surface area contributed by atoms with Gasteiger partial charge in [0.05, 0.1) is 30.5 Å². The molecule has 168 valence electrons. The van der Waals surface area contributed by atoms with Gasteiger partial charge in [-0.05, 0) is 72.6 Å². The van der Waals surface area contributed by atoms with Crippen molar-refractivity contribution < 1.29 is 19.4 Å². The number of hydrogen-bond donors (Lipinski definition) is 1. The molecule has 0 atom stereocenters. The van der Waals surface area contributed by atoms with Gasteiger partial charge >= 0.3 is 0 Å². The summed E-state index contributed by atoms with van der Waals surface area (Å²) in [5.41, 5.74) is 4.25. The number of hydrogen-bond acceptors (Lipinski definition) is 6. The molecule has 1 heterocycles. The average Bonchev–Trinajstić information content (AvgIpc) is 3.11. The Morgan fingerprint density at radius 1 is 0.939 bits per heavy atom. The highest BCUT2D eigenvalue weighted by atomic mass is 32.2. The largest absolute Gasteiger partial charge is 0.502 e. The summed E-state index contributed by atoms with van der Waals surface area (Å²) in [4.78, 5) is 20.5. The van der Waals surface area contributed by atoms with Gasteiger partial charge in [-0.1, -0.05) is 36.4 Å². The molecule has 1 aliphatic heterocycles. The summed E-state index contributed by atoms with van der Waals surface area (Å²) in [5.74, 6) is 0.269. The zero-order chi connectivity index (χ0) is 23.5. The maximum atomic E-state index is 13.6. The lowest BCUT2D eigenvalue weighted by Gasteiger charge is -2.18. The highest BCUT2D eigenvalue weighted by Crippen LogP contribution is 2.41. The first-order valence-corrected chi connectivity index (χ1v) is 11.1. The van der Waals surface area contributed by atoms with E-state index >= 15 is 0 Å². The third kappa shape index (κ3) is 4.45. The van der Waals surface area contributed by atoms with Crippen molar-refractivity contribution in [1.82, 2.24) is 0 Å². The van der Waals surface area contributed by atoms with Gasteiger partial charge in [0.15, 0.2) is 16.7 Å². The smallest absolute Gasteiger partial charge is 0.271 e. The van der Waals surface area contributed by atoms with Gasteiger partial charge in [0.25, 0.3) is 5.91 Å². The number of phenolic OH excluding ortho intramolecular Hbond substituents is 1. The molecule has 0 aliphatic carbocycles. The lowest BCUT2D eigenvalue weighted by molar-refractivity contribution is -0.113. The molecule has 1 saturated heterocycles. The maximum absolute atomic E-state index is 13.6. The Bertz CT molecular complexity index is 1260. The van der Waals surface area contributed by atoms with E-state index in [1.165, 1.54) is 26.0 Å². The first-order valence-electron chi connectivity index (χ1n) is 10.3. The first kappa shape index (κ1) is 22.5. The minimum Gasteiger partial charge on any atom is -0.502 e. The number of para-hydroxylation sites is 2. The number of aryl methyl sites for hydroxylation is 2. The predicted octanol–water partition coefficient (Wildman–Crippen LogP) is 5.83. The highest BCUT2D eigenvalue weighted by molar-refractivity contribution is 8.19. The number of benzene rings is 3. The summed E-state index contributed by atoms with van der Waals surface area (Å²) in [6.45, 7) is 3.96. The van der Waals surface area contributed by atoms with Crippen LogP contribution in [0.5, 0.6) is 17.2 Å². The van der Waals surface area contributed by atoms with Gasteiger partial charge in [-0.25, -0.2) is 4.99 Å². The Morgan fingerprint density at radius 2 is 1.55 bits per heavy atom. The van der Waals surface area contributed by atoms with E-state index in [0.717, 1.165) is 22.5 Å². The van der Waals surface area contributed by atoms with E-state index in [2.05, 4.69) is 0 Å². The number of nitrogens with zero attached hydrogens (tertiary/aromatic N) is 2. The number of amidine groups is 1. The predicted molar refractivity (Wildman–Crippen MR) is 134 cm³/mol. The third-order valence-corrected chi connectivity index (χ3v) is 6.26. The molecule has 1 fully saturated rings. The van der Waals surface area contributed by atoms with E-state index in [4.69, 9.17) is 14.5 Å². The van der Waals surface area contributed by atoms with Crippen molar-refractivity contribution in [3.63, 3.8) is 0 Å². The van der Waals surface area contributed by atoms with Crippen LogP contribution < -0.4 is 14.4 Å². The number of carbonyl (C=O) groups is 1. The fourth-order valence-electron chi connectivity index (χ4n) is 3.52. The average molecular weight is 461 g/mol. The molecule has 7 heteroatoms. The number of ether oxygens (including phenoxy) is 2. The number of thioether (sulfide) groups is 1. The van der Waals surface area contributed by atoms with Crippen molar-refractivity contribution in [3.8, 4) is 17.2 Å². The quantitative estimate of drug-likeness (QED) is 0.485. The van der Waals surface area contributed by atoms with Gasteiger partial charge in [-0.2, -0.15) is 0 Å². The van der Waals surface area contributed by atoms with Crippen LogP contribution in [0.3, 0.4) is 0 Å². The van der Waals surface area contributed by atoms with Gasteiger partial charge in [-0.15, -0.1) is 0 Å². The van der Waals surface area contributed by atoms with Crippen molar-refractivity contribution >= 4 is 40.3 Å². The number of aliphatic imine (C=N–C) groups is 1. The molecule has 3 aromatic carbocycles. The minimum absolute atomic E-state index is 0.0871. The Hall–Kier alpha value is -3.71. The Morgan fingerprint density at radius 3 is 2.15 bits per heavy atom. The summed E-state index contributed by atoms with van der Waals surface area (Å²) >= 11 is 1.30. The summed E-state index contributed by atoms with van der Waals surface area (Å²) in [6, 6.07) is 18.9. The fraction of sp³-hybridized carbons (Fsp3) is 0.154. The van der Waals surface area contributed by atoms with Gasteiger partial charge < -0.3 is 14.6 Å². The van der Waals surface area contributed by atoms with Crippen LogP contribution in [0.2, 0.25) is 0 Å². The van der Waals surface area contributed by atoms with Crippen molar-refractivity contribution in [2.45, 2.75) is 13.8 Å². The van der Waals surface area contributed by atoms with Crippen molar-refractivity contribution in [3.05, 3.63) is 82.3 Å². The molecular weight excluding hydrogens is 436 g/mol. The van der Waals surface area contributed by atoms with Crippen LogP contribution in [-0.4, -0.2) is 30.4 Å². The fourth-order valence-corrected chi connectivity index (χ4v) is 4.50. The van der Waals surface area contributed by atoms with E-state index in [1.807, 2.05) is 62.4 Å². The zero-order valence-electron chi connectivity index (χ0n) is 18.8. The van der Waals surface area contributed by atoms with Gasteiger partial charge in [0, 0.05) is 0 Å². The molecule has 0 aromatic heterocycles. The number of anilines is 1. The van der Waals surface area contributed by atoms with Crippen LogP contribution in [0.15, 0.2) is 70.6 Å². The van der Waals surface area contributed by atoms with E-state index < -0.39 is 0 Å². The van der Waals surface area contributed by atoms with Crippen LogP contribution >= 0.6 is 11.8 Å². The lowest BCUT2D eigenvalue weighted by Crippen LogP contribution is -2.29. The number of amides is 1. The number of carbonyl (C=O) groups excluding carboxylic acids is 1. The second-order valence-corrected chi connectivity index (χ2v) is 8.50. The molecule has 33 heavy (non-hydrogen) atoms. The maximum Gasteiger partial charge on any atom is 0.271 e. The molecule has 0 unspecified atom stereocenters. The van der Waals surface area contributed by atoms with Crippen molar-refractivity contribution in [1.29, 1.82) is 0 Å². The molecule has 3 aromatic rings. The molecule has 0 bridgehead atoms. The van der Waals surface area contributed by atoms with Crippen LogP contribution in [-0.2, 0) is 4.79 Å². The van der Waals surface area contributed by atoms with E-state index in [1.54, 1.807) is 23.1 Å². The normalized spacial score (nSPS) is 16.0. The summed E-state index contributed by atoms with van der Waals surface area (Å²) in [5, 5.41) is 10.8. The molecular formula is C26H24N2O4S. The molecule has 0 saturated carbocycles. The summed E-state index contributed by atoms with van der Waals surface area (Å²) < 4.78 is 10.5. The van der Waals surface area contributed by atoms with Gasteiger partial charge in [0.2, 0.25) is 5.75 Å². The number of methoxy groups -OCH3 is 2. The third-order valence-electron chi connectivity index (χ3n) is 5.29. The number of phenols is 1. The van der Waals surface area contributed by atoms with Crippen LogP contribution in [0.1, 0.15) is 16.7 Å². The van der Waals surface area contributed by atoms with Crippen LogP contribution in [0.4, 0.5) is 11.4 Å². The number of rotatable bonds is 5.